The summed E-state index contributed by atoms with van der Waals surface area (Å²) in [7, 11) is 0. The summed E-state index contributed by atoms with van der Waals surface area (Å²) in [6.07, 6.45) is -2.29. The second-order valence-corrected chi connectivity index (χ2v) is 9.36. The fourth-order valence-corrected chi connectivity index (χ4v) is 5.08. The van der Waals surface area contributed by atoms with Crippen molar-refractivity contribution in [1.82, 2.24) is 4.90 Å². The molecule has 1 atom stereocenters. The molecule has 3 nitrogen and oxygen atoms in total. The molecule has 4 rings (SSSR count). The second-order valence-electron chi connectivity index (χ2n) is 9.36. The van der Waals surface area contributed by atoms with Gasteiger partial charge in [-0.3, -0.25) is 4.79 Å². The number of nitrogens with zero attached hydrogens (tertiary/aromatic N) is 1. The first-order valence-electron chi connectivity index (χ1n) is 12.1. The maximum atomic E-state index is 13.4. The van der Waals surface area contributed by atoms with Gasteiger partial charge in [-0.25, -0.2) is 4.39 Å². The summed E-state index contributed by atoms with van der Waals surface area (Å²) in [5, 5.41) is 12.0. The summed E-state index contributed by atoms with van der Waals surface area (Å²) in [5.41, 5.74) is -1.02. The van der Waals surface area contributed by atoms with Crippen LogP contribution >= 0.6 is 0 Å². The van der Waals surface area contributed by atoms with Crippen LogP contribution in [0.1, 0.15) is 52.7 Å². The monoisotopic (exact) mass is 499 g/mol. The van der Waals surface area contributed by atoms with Gasteiger partial charge in [0.2, 0.25) is 0 Å². The zero-order chi connectivity index (χ0) is 25.8. The molecule has 1 aliphatic heterocycles. The molecule has 1 saturated heterocycles. The van der Waals surface area contributed by atoms with Gasteiger partial charge >= 0.3 is 6.18 Å². The van der Waals surface area contributed by atoms with Gasteiger partial charge in [0.25, 0.3) is 0 Å². The van der Waals surface area contributed by atoms with Gasteiger partial charge in [-0.05, 0) is 92.3 Å². The minimum absolute atomic E-state index is 0.0344. The average Bonchev–Trinajstić information content (AvgIpc) is 2.89. The highest BCUT2D eigenvalue weighted by atomic mass is 19.4. The van der Waals surface area contributed by atoms with Gasteiger partial charge in [0.1, 0.15) is 11.4 Å². The maximum absolute atomic E-state index is 13.4. The smallest absolute Gasteiger partial charge is 0.380 e. The highest BCUT2D eigenvalue weighted by molar-refractivity contribution is 5.95. The highest BCUT2D eigenvalue weighted by Gasteiger charge is 2.42. The van der Waals surface area contributed by atoms with Crippen LogP contribution in [0.3, 0.4) is 0 Å². The first kappa shape index (κ1) is 26.0. The minimum atomic E-state index is -4.50. The van der Waals surface area contributed by atoms with E-state index in [1.807, 2.05) is 6.07 Å². The van der Waals surface area contributed by atoms with Crippen molar-refractivity contribution in [3.63, 3.8) is 0 Å². The zero-order valence-electron chi connectivity index (χ0n) is 19.8. The van der Waals surface area contributed by atoms with Crippen molar-refractivity contribution >= 4 is 5.78 Å². The lowest BCUT2D eigenvalue weighted by atomic mass is 9.71. The number of piperidine rings is 1. The third-order valence-corrected chi connectivity index (χ3v) is 7.07. The fourth-order valence-electron chi connectivity index (χ4n) is 5.08. The summed E-state index contributed by atoms with van der Waals surface area (Å²) < 4.78 is 53.3. The van der Waals surface area contributed by atoms with Gasteiger partial charge in [-0.2, -0.15) is 13.2 Å². The topological polar surface area (TPSA) is 40.5 Å². The third-order valence-electron chi connectivity index (χ3n) is 7.07. The van der Waals surface area contributed by atoms with Crippen molar-refractivity contribution in [3.8, 4) is 0 Å². The lowest BCUT2D eigenvalue weighted by molar-refractivity contribution is -0.137. The van der Waals surface area contributed by atoms with Crippen LogP contribution in [0, 0.1) is 11.7 Å². The molecule has 0 radical (unpaired) electrons. The molecule has 3 aromatic carbocycles. The normalized spacial score (nSPS) is 17.0. The van der Waals surface area contributed by atoms with Crippen molar-refractivity contribution in [2.24, 2.45) is 5.92 Å². The summed E-state index contributed by atoms with van der Waals surface area (Å²) in [4.78, 5) is 14.6. The number of likely N-dealkylation sites (tertiary alicyclic amines) is 1. The molecule has 7 heteroatoms. The minimum Gasteiger partial charge on any atom is -0.380 e. The van der Waals surface area contributed by atoms with E-state index in [9.17, 15) is 27.5 Å². The van der Waals surface area contributed by atoms with E-state index in [1.54, 1.807) is 30.3 Å². The van der Waals surface area contributed by atoms with E-state index in [0.29, 0.717) is 56.4 Å². The predicted molar refractivity (Wildman–Crippen MR) is 130 cm³/mol. The summed E-state index contributed by atoms with van der Waals surface area (Å²) >= 11 is 0. The van der Waals surface area contributed by atoms with Crippen LogP contribution in [0.2, 0.25) is 0 Å². The molecule has 1 aliphatic rings. The number of carbonyl (C=O) groups excluding carboxylic acids is 1. The van der Waals surface area contributed by atoms with E-state index in [1.165, 1.54) is 30.3 Å². The Balaban J connectivity index is 1.43. The molecule has 190 valence electrons. The highest BCUT2D eigenvalue weighted by Crippen LogP contribution is 2.43. The standard InChI is InChI=1S/C29H29F4NO2/c30-26-13-11-21(12-14-26)27(35)10-5-17-34-18-15-23(16-19-34)28(36,22-6-2-1-3-7-22)24-8-4-9-25(20-24)29(31,32)33/h1-4,6-9,11-14,20,23,36H,5,10,15-19H2. The fraction of sp³-hybridized carbons (Fsp3) is 0.345. The summed E-state index contributed by atoms with van der Waals surface area (Å²) in [6.45, 7) is 2.04. The molecule has 1 unspecified atom stereocenters. The molecule has 0 bridgehead atoms. The maximum Gasteiger partial charge on any atom is 0.416 e. The van der Waals surface area contributed by atoms with Crippen LogP contribution in [-0.4, -0.2) is 35.4 Å². The number of alkyl halides is 3. The number of rotatable bonds is 8. The van der Waals surface area contributed by atoms with Gasteiger partial charge in [0.05, 0.1) is 5.56 Å². The third kappa shape index (κ3) is 5.85. The van der Waals surface area contributed by atoms with E-state index in [-0.39, 0.29) is 23.1 Å². The lowest BCUT2D eigenvalue weighted by Gasteiger charge is -2.42. The van der Waals surface area contributed by atoms with E-state index < -0.39 is 17.3 Å². The molecule has 3 aromatic rings. The Morgan fingerprint density at radius 3 is 2.11 bits per heavy atom. The molecule has 1 N–H and O–H groups in total. The predicted octanol–water partition coefficient (Wildman–Crippen LogP) is 6.46. The number of hydrogen-bond donors (Lipinski definition) is 1. The number of halogens is 4. The molecule has 0 spiro atoms. The summed E-state index contributed by atoms with van der Waals surface area (Å²) in [5.74, 6) is -0.677. The average molecular weight is 500 g/mol. The van der Waals surface area contributed by atoms with Gasteiger partial charge < -0.3 is 10.0 Å². The largest absolute Gasteiger partial charge is 0.416 e. The molecule has 1 fully saturated rings. The second kappa shape index (κ2) is 10.9. The van der Waals surface area contributed by atoms with Crippen LogP contribution < -0.4 is 0 Å². The molecule has 0 aromatic heterocycles. The van der Waals surface area contributed by atoms with Crippen LogP contribution in [0.25, 0.3) is 0 Å². The summed E-state index contributed by atoms with van der Waals surface area (Å²) in [6, 6.07) is 19.4. The van der Waals surface area contributed by atoms with Gasteiger partial charge in [0.15, 0.2) is 5.78 Å². The van der Waals surface area contributed by atoms with Gasteiger partial charge in [-0.1, -0.05) is 42.5 Å². The van der Waals surface area contributed by atoms with Crippen molar-refractivity contribution in [1.29, 1.82) is 0 Å². The van der Waals surface area contributed by atoms with Crippen molar-refractivity contribution in [3.05, 3.63) is 107 Å². The molecular weight excluding hydrogens is 470 g/mol. The zero-order valence-corrected chi connectivity index (χ0v) is 19.8. The number of carbonyl (C=O) groups is 1. The Kier molecular flexibility index (Phi) is 7.91. The Labute approximate surface area is 208 Å². The van der Waals surface area contributed by atoms with E-state index in [0.717, 1.165) is 12.1 Å². The number of benzene rings is 3. The Morgan fingerprint density at radius 2 is 1.47 bits per heavy atom. The molecule has 0 saturated carbocycles. The number of ketones is 1. The quantitative estimate of drug-likeness (QED) is 0.286. The van der Waals surface area contributed by atoms with Crippen molar-refractivity contribution in [2.45, 2.75) is 37.5 Å². The van der Waals surface area contributed by atoms with Crippen molar-refractivity contribution in [2.75, 3.05) is 19.6 Å². The Hall–Kier alpha value is -3.03. The Bertz CT molecular complexity index is 1160. The van der Waals surface area contributed by atoms with E-state index >= 15 is 0 Å². The molecule has 0 amide bonds. The molecular formula is C29H29F4NO2. The van der Waals surface area contributed by atoms with Crippen LogP contribution in [0.5, 0.6) is 0 Å². The van der Waals surface area contributed by atoms with Gasteiger partial charge in [0, 0.05) is 12.0 Å². The molecule has 0 aliphatic carbocycles. The first-order valence-corrected chi connectivity index (χ1v) is 12.1. The van der Waals surface area contributed by atoms with E-state index in [4.69, 9.17) is 0 Å². The first-order chi connectivity index (χ1) is 17.2. The number of aliphatic hydroxyl groups is 1. The van der Waals surface area contributed by atoms with E-state index in [2.05, 4.69) is 4.90 Å². The molecule has 1 heterocycles. The number of hydrogen-bond acceptors (Lipinski definition) is 3. The van der Waals surface area contributed by atoms with Crippen LogP contribution in [0.4, 0.5) is 17.6 Å². The Morgan fingerprint density at radius 1 is 0.861 bits per heavy atom. The van der Waals surface area contributed by atoms with Crippen molar-refractivity contribution < 1.29 is 27.5 Å². The SMILES string of the molecule is O=C(CCCN1CCC(C(O)(c2ccccc2)c2cccc(C(F)(F)F)c2)CC1)c1ccc(F)cc1. The molecule has 36 heavy (non-hydrogen) atoms. The van der Waals surface area contributed by atoms with Crippen LogP contribution in [0.15, 0.2) is 78.9 Å². The lowest BCUT2D eigenvalue weighted by Crippen LogP contribution is -2.44. The number of Topliss-reactive ketones (excluding diaryl/α,β-unsaturated/α-hetero) is 1. The van der Waals surface area contributed by atoms with Crippen LogP contribution in [-0.2, 0) is 11.8 Å². The van der Waals surface area contributed by atoms with Gasteiger partial charge in [-0.15, -0.1) is 0 Å².